The van der Waals surface area contributed by atoms with E-state index in [2.05, 4.69) is 26.1 Å². The average Bonchev–Trinajstić information content (AvgIpc) is 3.17. The van der Waals surface area contributed by atoms with Crippen LogP contribution in [0.5, 0.6) is 0 Å². The minimum Gasteiger partial charge on any atom is -0.329 e. The van der Waals surface area contributed by atoms with Gasteiger partial charge in [-0.1, -0.05) is 63.9 Å². The number of carbonyl (C=O) groups excluding carboxylic acids is 2. The van der Waals surface area contributed by atoms with Crippen molar-refractivity contribution in [3.63, 3.8) is 0 Å². The summed E-state index contributed by atoms with van der Waals surface area (Å²) < 4.78 is 1.74. The number of nitrogens with one attached hydrogen (secondary N) is 1. The summed E-state index contributed by atoms with van der Waals surface area (Å²) in [4.78, 5) is 27.8. The van der Waals surface area contributed by atoms with E-state index in [9.17, 15) is 9.59 Å². The molecule has 0 aliphatic carbocycles. The Kier molecular flexibility index (Phi) is 7.82. The molecule has 0 saturated heterocycles. The van der Waals surface area contributed by atoms with Crippen LogP contribution in [0.2, 0.25) is 5.02 Å². The third-order valence-electron chi connectivity index (χ3n) is 5.32. The van der Waals surface area contributed by atoms with Crippen LogP contribution in [0.4, 0.5) is 5.82 Å². The van der Waals surface area contributed by atoms with Crippen molar-refractivity contribution in [2.45, 2.75) is 47.0 Å². The summed E-state index contributed by atoms with van der Waals surface area (Å²) in [6.07, 6.45) is 0. The third-order valence-corrected chi connectivity index (χ3v) is 5.57. The van der Waals surface area contributed by atoms with Crippen molar-refractivity contribution in [2.75, 3.05) is 18.4 Å². The van der Waals surface area contributed by atoms with Crippen LogP contribution in [0, 0.1) is 12.8 Å². The zero-order chi connectivity index (χ0) is 25.0. The second kappa shape index (κ2) is 10.4. The van der Waals surface area contributed by atoms with Gasteiger partial charge in [-0.2, -0.15) is 5.10 Å². The van der Waals surface area contributed by atoms with Gasteiger partial charge in [-0.15, -0.1) is 0 Å². The number of aryl methyl sites for hydroxylation is 1. The molecule has 1 N–H and O–H groups in total. The third kappa shape index (κ3) is 6.48. The van der Waals surface area contributed by atoms with Gasteiger partial charge in [0.15, 0.2) is 0 Å². The Balaban J connectivity index is 1.86. The summed E-state index contributed by atoms with van der Waals surface area (Å²) in [6, 6.07) is 16.6. The minimum atomic E-state index is -0.281. The number of hydrogen-bond donors (Lipinski definition) is 1. The Morgan fingerprint density at radius 2 is 1.68 bits per heavy atom. The van der Waals surface area contributed by atoms with E-state index in [-0.39, 0.29) is 29.7 Å². The van der Waals surface area contributed by atoms with E-state index in [1.807, 2.05) is 51.1 Å². The summed E-state index contributed by atoms with van der Waals surface area (Å²) in [7, 11) is 0. The Bertz CT molecular complexity index is 1140. The number of amides is 2. The molecule has 2 aromatic carbocycles. The first kappa shape index (κ1) is 25.5. The van der Waals surface area contributed by atoms with Gasteiger partial charge in [0.05, 0.1) is 11.4 Å². The van der Waals surface area contributed by atoms with E-state index in [1.165, 1.54) is 0 Å². The fourth-order valence-electron chi connectivity index (χ4n) is 3.51. The predicted octanol–water partition coefficient (Wildman–Crippen LogP) is 5.87. The van der Waals surface area contributed by atoms with Crippen molar-refractivity contribution in [2.24, 2.45) is 5.92 Å². The molecule has 0 radical (unpaired) electrons. The van der Waals surface area contributed by atoms with Crippen LogP contribution in [0.25, 0.3) is 5.69 Å². The molecule has 1 aromatic heterocycles. The van der Waals surface area contributed by atoms with Gasteiger partial charge in [-0.3, -0.25) is 9.59 Å². The molecule has 6 nitrogen and oxygen atoms in total. The van der Waals surface area contributed by atoms with E-state index >= 15 is 0 Å². The van der Waals surface area contributed by atoms with Crippen molar-refractivity contribution >= 4 is 29.2 Å². The Labute approximate surface area is 206 Å². The highest BCUT2D eigenvalue weighted by molar-refractivity contribution is 6.30. The molecule has 0 saturated carbocycles. The molecule has 0 fully saturated rings. The molecule has 0 bridgehead atoms. The van der Waals surface area contributed by atoms with Crippen LogP contribution >= 0.6 is 11.6 Å². The largest absolute Gasteiger partial charge is 0.329 e. The smallest absolute Gasteiger partial charge is 0.254 e. The summed E-state index contributed by atoms with van der Waals surface area (Å²) in [5.41, 5.74) is 3.16. The van der Waals surface area contributed by atoms with Crippen molar-refractivity contribution in [3.05, 3.63) is 76.4 Å². The molecule has 0 aliphatic rings. The standard InChI is InChI=1S/C27H33ClN4O2/c1-18(2)16-31(26(34)20-9-11-21(28)12-10-20)17-25(33)29-24-15-23(27(4,5)6)30-32(24)22-13-7-19(3)8-14-22/h7-15,18H,16-17H2,1-6H3,(H,29,33). The van der Waals surface area contributed by atoms with Gasteiger partial charge < -0.3 is 10.2 Å². The predicted molar refractivity (Wildman–Crippen MR) is 138 cm³/mol. The second-order valence-corrected chi connectivity index (χ2v) is 10.5. The number of benzene rings is 2. The zero-order valence-electron chi connectivity index (χ0n) is 20.7. The van der Waals surface area contributed by atoms with Crippen molar-refractivity contribution in [1.29, 1.82) is 0 Å². The first-order valence-electron chi connectivity index (χ1n) is 11.5. The summed E-state index contributed by atoms with van der Waals surface area (Å²) in [5, 5.41) is 8.30. The Morgan fingerprint density at radius 3 is 2.24 bits per heavy atom. The highest BCUT2D eigenvalue weighted by Gasteiger charge is 2.24. The van der Waals surface area contributed by atoms with Crippen molar-refractivity contribution in [1.82, 2.24) is 14.7 Å². The van der Waals surface area contributed by atoms with E-state index in [0.29, 0.717) is 22.9 Å². The molecular formula is C27H33ClN4O2. The SMILES string of the molecule is Cc1ccc(-n2nc(C(C)(C)C)cc2NC(=O)CN(CC(C)C)C(=O)c2ccc(Cl)cc2)cc1. The lowest BCUT2D eigenvalue weighted by Crippen LogP contribution is -2.40. The number of aromatic nitrogens is 2. The van der Waals surface area contributed by atoms with Crippen LogP contribution in [-0.2, 0) is 10.2 Å². The van der Waals surface area contributed by atoms with Crippen LogP contribution in [-0.4, -0.2) is 39.6 Å². The molecule has 3 aromatic rings. The number of carbonyl (C=O) groups is 2. The molecule has 180 valence electrons. The summed E-state index contributed by atoms with van der Waals surface area (Å²) in [5.74, 6) is 0.288. The maximum absolute atomic E-state index is 13.1. The van der Waals surface area contributed by atoms with Gasteiger partial charge in [-0.25, -0.2) is 4.68 Å². The topological polar surface area (TPSA) is 67.2 Å². The minimum absolute atomic E-state index is 0.0659. The van der Waals surface area contributed by atoms with Crippen LogP contribution in [0.15, 0.2) is 54.6 Å². The van der Waals surface area contributed by atoms with Gasteiger partial charge >= 0.3 is 0 Å². The first-order chi connectivity index (χ1) is 15.9. The quantitative estimate of drug-likeness (QED) is 0.460. The maximum atomic E-state index is 13.1. The lowest BCUT2D eigenvalue weighted by molar-refractivity contribution is -0.117. The summed E-state index contributed by atoms with van der Waals surface area (Å²) in [6.45, 7) is 12.7. The van der Waals surface area contributed by atoms with Gasteiger partial charge in [0.1, 0.15) is 12.4 Å². The maximum Gasteiger partial charge on any atom is 0.254 e. The fraction of sp³-hybridized carbons (Fsp3) is 0.370. The van der Waals surface area contributed by atoms with Crippen LogP contribution in [0.3, 0.4) is 0 Å². The number of rotatable bonds is 7. The lowest BCUT2D eigenvalue weighted by atomic mass is 9.92. The van der Waals surface area contributed by atoms with Crippen molar-refractivity contribution in [3.8, 4) is 5.69 Å². The molecular weight excluding hydrogens is 448 g/mol. The normalized spacial score (nSPS) is 11.5. The van der Waals surface area contributed by atoms with Gasteiger partial charge in [0, 0.05) is 28.6 Å². The molecule has 0 unspecified atom stereocenters. The molecule has 1 heterocycles. The lowest BCUT2D eigenvalue weighted by Gasteiger charge is -2.24. The summed E-state index contributed by atoms with van der Waals surface area (Å²) >= 11 is 5.97. The zero-order valence-corrected chi connectivity index (χ0v) is 21.5. The van der Waals surface area contributed by atoms with E-state index < -0.39 is 0 Å². The second-order valence-electron chi connectivity index (χ2n) is 10.0. The Hall–Kier alpha value is -3.12. The van der Waals surface area contributed by atoms with Crippen LogP contribution in [0.1, 0.15) is 56.2 Å². The van der Waals surface area contributed by atoms with Gasteiger partial charge in [0.2, 0.25) is 5.91 Å². The molecule has 0 aliphatic heterocycles. The van der Waals surface area contributed by atoms with Gasteiger partial charge in [0.25, 0.3) is 5.91 Å². The monoisotopic (exact) mass is 480 g/mol. The fourth-order valence-corrected chi connectivity index (χ4v) is 3.64. The van der Waals surface area contributed by atoms with Crippen LogP contribution < -0.4 is 5.32 Å². The average molecular weight is 481 g/mol. The number of anilines is 1. The molecule has 7 heteroatoms. The number of nitrogens with zero attached hydrogens (tertiary/aromatic N) is 3. The number of halogens is 1. The van der Waals surface area contributed by atoms with Gasteiger partial charge in [-0.05, 0) is 49.2 Å². The van der Waals surface area contributed by atoms with E-state index in [1.54, 1.807) is 33.8 Å². The van der Waals surface area contributed by atoms with E-state index in [0.717, 1.165) is 16.9 Å². The number of hydrogen-bond acceptors (Lipinski definition) is 3. The highest BCUT2D eigenvalue weighted by Crippen LogP contribution is 2.26. The first-order valence-corrected chi connectivity index (χ1v) is 11.8. The molecule has 0 atom stereocenters. The van der Waals surface area contributed by atoms with Crippen molar-refractivity contribution < 1.29 is 9.59 Å². The van der Waals surface area contributed by atoms with E-state index in [4.69, 9.17) is 16.7 Å². The molecule has 2 amide bonds. The molecule has 0 spiro atoms. The highest BCUT2D eigenvalue weighted by atomic mass is 35.5. The molecule has 3 rings (SSSR count). The molecule has 34 heavy (non-hydrogen) atoms. The Morgan fingerprint density at radius 1 is 1.06 bits per heavy atom.